The second-order valence-corrected chi connectivity index (χ2v) is 4.13. The minimum absolute atomic E-state index is 0.0521. The van der Waals surface area contributed by atoms with Gasteiger partial charge in [0.15, 0.2) is 5.79 Å². The molecule has 1 saturated carbocycles. The summed E-state index contributed by atoms with van der Waals surface area (Å²) in [4.78, 5) is 34.9. The summed E-state index contributed by atoms with van der Waals surface area (Å²) >= 11 is 0. The second-order valence-electron chi connectivity index (χ2n) is 4.13. The number of carbonyl (C=O) groups excluding carboxylic acids is 3. The van der Waals surface area contributed by atoms with Gasteiger partial charge in [0.25, 0.3) is 5.78 Å². The van der Waals surface area contributed by atoms with Gasteiger partial charge in [0.2, 0.25) is 0 Å². The van der Waals surface area contributed by atoms with Gasteiger partial charge in [-0.15, -0.1) is 0 Å². The van der Waals surface area contributed by atoms with Crippen LogP contribution in [0.4, 0.5) is 0 Å². The fraction of sp³-hybridized carbons (Fsp3) is 0.786. The molecule has 0 aromatic rings. The van der Waals surface area contributed by atoms with E-state index < -0.39 is 23.5 Å². The Labute approximate surface area is 119 Å². The van der Waals surface area contributed by atoms with Gasteiger partial charge < -0.3 is 14.2 Å². The number of Topliss-reactive ketones (excluding diaryl/α,β-unsaturated/α-hetero) is 2. The Bertz CT molecular complexity index is 346. The summed E-state index contributed by atoms with van der Waals surface area (Å²) in [5.74, 6) is -4.06. The van der Waals surface area contributed by atoms with Crippen LogP contribution in [-0.2, 0) is 28.6 Å². The quantitative estimate of drug-likeness (QED) is 0.330. The molecule has 0 saturated heterocycles. The number of methoxy groups -OCH3 is 2. The summed E-state index contributed by atoms with van der Waals surface area (Å²) in [6, 6.07) is 0. The number of hydrogen-bond acceptors (Lipinski definition) is 6. The first-order chi connectivity index (χ1) is 9.49. The lowest BCUT2D eigenvalue weighted by Crippen LogP contribution is -2.46. The number of rotatable bonds is 5. The normalized spacial score (nSPS) is 20.6. The Hall–Kier alpha value is -1.27. The second kappa shape index (κ2) is 8.81. The third-order valence-electron chi connectivity index (χ3n) is 3.19. The molecule has 6 nitrogen and oxygen atoms in total. The fourth-order valence-electron chi connectivity index (χ4n) is 2.05. The smallest absolute Gasteiger partial charge is 0.375 e. The molecule has 0 spiro atoms. The summed E-state index contributed by atoms with van der Waals surface area (Å²) < 4.78 is 15.1. The van der Waals surface area contributed by atoms with Crippen LogP contribution in [0.15, 0.2) is 0 Å². The van der Waals surface area contributed by atoms with E-state index in [2.05, 4.69) is 4.74 Å². The first-order valence-electron chi connectivity index (χ1n) is 6.83. The molecule has 6 heteroatoms. The van der Waals surface area contributed by atoms with Crippen molar-refractivity contribution in [1.29, 1.82) is 0 Å². The summed E-state index contributed by atoms with van der Waals surface area (Å²) in [6.45, 7) is 5.70. The molecule has 0 N–H and O–H groups in total. The van der Waals surface area contributed by atoms with Crippen molar-refractivity contribution in [2.75, 3.05) is 20.8 Å². The van der Waals surface area contributed by atoms with Gasteiger partial charge in [-0.2, -0.15) is 0 Å². The zero-order chi connectivity index (χ0) is 15.8. The zero-order valence-corrected chi connectivity index (χ0v) is 12.9. The van der Waals surface area contributed by atoms with Crippen LogP contribution in [0.1, 0.15) is 40.0 Å². The highest BCUT2D eigenvalue weighted by Crippen LogP contribution is 2.34. The summed E-state index contributed by atoms with van der Waals surface area (Å²) in [5, 5.41) is 0. The van der Waals surface area contributed by atoms with E-state index in [1.165, 1.54) is 14.2 Å². The number of ether oxygens (including phenoxy) is 3. The molecule has 1 aliphatic carbocycles. The zero-order valence-electron chi connectivity index (χ0n) is 12.9. The highest BCUT2D eigenvalue weighted by Gasteiger charge is 2.45. The van der Waals surface area contributed by atoms with E-state index in [9.17, 15) is 14.4 Å². The average molecular weight is 288 g/mol. The molecule has 116 valence electrons. The monoisotopic (exact) mass is 288 g/mol. The van der Waals surface area contributed by atoms with E-state index in [0.29, 0.717) is 6.42 Å². The summed E-state index contributed by atoms with van der Waals surface area (Å²) in [6.07, 6.45) is 0.583. The Balaban J connectivity index is 0.00000172. The number of esters is 1. The maximum absolute atomic E-state index is 11.8. The number of ketones is 2. The van der Waals surface area contributed by atoms with E-state index in [1.807, 2.05) is 13.8 Å². The van der Waals surface area contributed by atoms with Gasteiger partial charge in [-0.3, -0.25) is 9.59 Å². The van der Waals surface area contributed by atoms with Crippen LogP contribution in [0, 0.1) is 5.92 Å². The molecule has 0 amide bonds. The largest absolute Gasteiger partial charge is 0.460 e. The van der Waals surface area contributed by atoms with E-state index >= 15 is 0 Å². The molecule has 1 unspecified atom stereocenters. The maximum Gasteiger partial charge on any atom is 0.375 e. The highest BCUT2D eigenvalue weighted by atomic mass is 16.7. The third kappa shape index (κ3) is 4.38. The van der Waals surface area contributed by atoms with Crippen LogP contribution in [0.3, 0.4) is 0 Å². The highest BCUT2D eigenvalue weighted by molar-refractivity contribution is 6.38. The Morgan fingerprint density at radius 3 is 2.25 bits per heavy atom. The van der Waals surface area contributed by atoms with Gasteiger partial charge in [-0.25, -0.2) is 4.79 Å². The first-order valence-corrected chi connectivity index (χ1v) is 6.83. The molecule has 0 radical (unpaired) electrons. The van der Waals surface area contributed by atoms with Gasteiger partial charge in [0.1, 0.15) is 5.78 Å². The predicted octanol–water partition coefficient (Wildman–Crippen LogP) is 1.50. The number of carbonyl (C=O) groups is 3. The molecule has 0 aliphatic heterocycles. The van der Waals surface area contributed by atoms with Crippen molar-refractivity contribution in [3.63, 3.8) is 0 Å². The Morgan fingerprint density at radius 2 is 1.80 bits per heavy atom. The van der Waals surface area contributed by atoms with Crippen molar-refractivity contribution in [2.45, 2.75) is 45.8 Å². The minimum Gasteiger partial charge on any atom is -0.460 e. The standard InChI is InChI=1S/C12H18O6.C2H6/c1-4-18-11(15)10(14)8-7-12(16-2,17-3)6-5-9(8)13;1-2/h8H,4-7H2,1-3H3;1-2H3. The van der Waals surface area contributed by atoms with Crippen LogP contribution in [0.5, 0.6) is 0 Å². The van der Waals surface area contributed by atoms with E-state index in [1.54, 1.807) is 6.92 Å². The average Bonchev–Trinajstić information content (AvgIpc) is 2.50. The van der Waals surface area contributed by atoms with E-state index in [4.69, 9.17) is 9.47 Å². The van der Waals surface area contributed by atoms with Gasteiger partial charge in [-0.1, -0.05) is 13.8 Å². The van der Waals surface area contributed by atoms with Gasteiger partial charge in [-0.05, 0) is 6.92 Å². The predicted molar refractivity (Wildman–Crippen MR) is 72.1 cm³/mol. The van der Waals surface area contributed by atoms with E-state index in [-0.39, 0.29) is 25.2 Å². The molecule has 0 aromatic heterocycles. The van der Waals surface area contributed by atoms with Crippen LogP contribution in [-0.4, -0.2) is 44.1 Å². The van der Waals surface area contributed by atoms with Crippen LogP contribution in [0.25, 0.3) is 0 Å². The lowest BCUT2D eigenvalue weighted by atomic mass is 9.81. The topological polar surface area (TPSA) is 78.9 Å². The lowest BCUT2D eigenvalue weighted by molar-refractivity contribution is -0.228. The van der Waals surface area contributed by atoms with Crippen LogP contribution < -0.4 is 0 Å². The molecule has 0 aromatic carbocycles. The Kier molecular flexibility index (Phi) is 8.25. The van der Waals surface area contributed by atoms with Crippen LogP contribution in [0.2, 0.25) is 0 Å². The molecule has 0 bridgehead atoms. The molecule has 20 heavy (non-hydrogen) atoms. The molecule has 1 fully saturated rings. The minimum atomic E-state index is -1.03. The van der Waals surface area contributed by atoms with Crippen molar-refractivity contribution in [3.05, 3.63) is 0 Å². The lowest BCUT2D eigenvalue weighted by Gasteiger charge is -2.36. The van der Waals surface area contributed by atoms with Crippen molar-refractivity contribution < 1.29 is 28.6 Å². The molecule has 0 heterocycles. The molecular formula is C14H24O6. The van der Waals surface area contributed by atoms with Crippen molar-refractivity contribution in [2.24, 2.45) is 5.92 Å². The summed E-state index contributed by atoms with van der Waals surface area (Å²) in [5.41, 5.74) is 0. The maximum atomic E-state index is 11.8. The van der Waals surface area contributed by atoms with Crippen LogP contribution >= 0.6 is 0 Å². The third-order valence-corrected chi connectivity index (χ3v) is 3.19. The molecular weight excluding hydrogens is 264 g/mol. The van der Waals surface area contributed by atoms with E-state index in [0.717, 1.165) is 0 Å². The van der Waals surface area contributed by atoms with Gasteiger partial charge in [0.05, 0.1) is 12.5 Å². The molecule has 1 rings (SSSR count). The van der Waals surface area contributed by atoms with Gasteiger partial charge >= 0.3 is 5.97 Å². The Morgan fingerprint density at radius 1 is 1.25 bits per heavy atom. The summed E-state index contributed by atoms with van der Waals surface area (Å²) in [7, 11) is 2.90. The number of hydrogen-bond donors (Lipinski definition) is 0. The van der Waals surface area contributed by atoms with Crippen molar-refractivity contribution in [1.82, 2.24) is 0 Å². The molecule has 1 aliphatic rings. The first kappa shape index (κ1) is 18.7. The molecule has 1 atom stereocenters. The van der Waals surface area contributed by atoms with Gasteiger partial charge in [0, 0.05) is 33.5 Å². The SMILES string of the molecule is CC.CCOC(=O)C(=O)C1CC(OC)(OC)CCC1=O. The van der Waals surface area contributed by atoms with Crippen molar-refractivity contribution >= 4 is 17.5 Å². The fourth-order valence-corrected chi connectivity index (χ4v) is 2.05. The van der Waals surface area contributed by atoms with Crippen molar-refractivity contribution in [3.8, 4) is 0 Å².